The van der Waals surface area contributed by atoms with Gasteiger partial charge in [0.15, 0.2) is 0 Å². The summed E-state index contributed by atoms with van der Waals surface area (Å²) in [7, 11) is 1.81. The van der Waals surface area contributed by atoms with E-state index in [1.807, 2.05) is 7.05 Å². The molecule has 1 aliphatic heterocycles. The van der Waals surface area contributed by atoms with Crippen molar-refractivity contribution in [2.24, 2.45) is 0 Å². The van der Waals surface area contributed by atoms with Crippen LogP contribution in [0.5, 0.6) is 0 Å². The van der Waals surface area contributed by atoms with Crippen LogP contribution in [-0.2, 0) is 19.2 Å². The number of aliphatic carboxylic acids is 1. The van der Waals surface area contributed by atoms with Gasteiger partial charge in [-0.2, -0.15) is 13.2 Å². The predicted octanol–water partition coefficient (Wildman–Crippen LogP) is -0.339. The molecule has 0 bridgehead atoms. The van der Waals surface area contributed by atoms with Crippen molar-refractivity contribution in [2.45, 2.75) is 19.0 Å². The summed E-state index contributed by atoms with van der Waals surface area (Å²) in [5, 5.41) is 12.8. The van der Waals surface area contributed by atoms with Crippen molar-refractivity contribution in [3.63, 3.8) is 0 Å². The summed E-state index contributed by atoms with van der Waals surface area (Å²) in [5.74, 6) is -3.42. The second kappa shape index (κ2) is 10.4. The van der Waals surface area contributed by atoms with Crippen LogP contribution < -0.4 is 10.6 Å². The number of imide groups is 1. The normalized spacial score (nSPS) is 13.6. The molecule has 0 atom stereocenters. The molecule has 11 heteroatoms. The van der Waals surface area contributed by atoms with E-state index in [4.69, 9.17) is 9.90 Å². The second-order valence-corrected chi connectivity index (χ2v) is 4.52. The zero-order valence-corrected chi connectivity index (χ0v) is 12.9. The zero-order valence-electron chi connectivity index (χ0n) is 12.9. The Morgan fingerprint density at radius 1 is 1.17 bits per heavy atom. The van der Waals surface area contributed by atoms with Gasteiger partial charge in [-0.25, -0.2) is 4.79 Å². The molecule has 0 aromatic rings. The van der Waals surface area contributed by atoms with Gasteiger partial charge in [-0.1, -0.05) is 0 Å². The van der Waals surface area contributed by atoms with Crippen molar-refractivity contribution in [3.8, 4) is 0 Å². The number of halogens is 3. The summed E-state index contributed by atoms with van der Waals surface area (Å²) in [6, 6.07) is 0. The van der Waals surface area contributed by atoms with E-state index in [9.17, 15) is 27.6 Å². The van der Waals surface area contributed by atoms with Crippen LogP contribution in [0.2, 0.25) is 0 Å². The molecule has 1 rings (SSSR count). The molecule has 0 aliphatic carbocycles. The first-order chi connectivity index (χ1) is 11.1. The topological polar surface area (TPSA) is 116 Å². The zero-order chi connectivity index (χ0) is 18.8. The Kier molecular flexibility index (Phi) is 9.31. The SMILES string of the molecule is CNCCNC(=O)CCCN1C(=O)C=CC1=O.O=C(O)C(F)(F)F. The third-order valence-electron chi connectivity index (χ3n) is 2.63. The number of rotatable bonds is 7. The van der Waals surface area contributed by atoms with Crippen LogP contribution in [0.1, 0.15) is 12.8 Å². The van der Waals surface area contributed by atoms with Gasteiger partial charge in [0.2, 0.25) is 5.91 Å². The van der Waals surface area contributed by atoms with Crippen LogP contribution in [0.3, 0.4) is 0 Å². The first-order valence-electron chi connectivity index (χ1n) is 6.84. The van der Waals surface area contributed by atoms with Gasteiger partial charge in [-0.3, -0.25) is 19.3 Å². The highest BCUT2D eigenvalue weighted by Gasteiger charge is 2.38. The fourth-order valence-corrected chi connectivity index (χ4v) is 1.46. The number of carboxylic acids is 1. The number of nitrogens with one attached hydrogen (secondary N) is 2. The largest absolute Gasteiger partial charge is 0.490 e. The van der Waals surface area contributed by atoms with Crippen molar-refractivity contribution >= 4 is 23.7 Å². The van der Waals surface area contributed by atoms with Crippen LogP contribution in [0.25, 0.3) is 0 Å². The lowest BCUT2D eigenvalue weighted by molar-refractivity contribution is -0.192. The van der Waals surface area contributed by atoms with E-state index in [0.717, 1.165) is 11.4 Å². The second-order valence-electron chi connectivity index (χ2n) is 4.52. The maximum absolute atomic E-state index is 11.3. The predicted molar refractivity (Wildman–Crippen MR) is 75.7 cm³/mol. The van der Waals surface area contributed by atoms with Crippen molar-refractivity contribution in [3.05, 3.63) is 12.2 Å². The Morgan fingerprint density at radius 2 is 1.67 bits per heavy atom. The molecule has 0 saturated carbocycles. The van der Waals surface area contributed by atoms with E-state index in [-0.39, 0.29) is 17.7 Å². The summed E-state index contributed by atoms with van der Waals surface area (Å²) < 4.78 is 31.7. The van der Waals surface area contributed by atoms with E-state index in [0.29, 0.717) is 25.9 Å². The van der Waals surface area contributed by atoms with Crippen LogP contribution in [0, 0.1) is 0 Å². The highest BCUT2D eigenvalue weighted by Crippen LogP contribution is 2.13. The summed E-state index contributed by atoms with van der Waals surface area (Å²) in [4.78, 5) is 43.7. The van der Waals surface area contributed by atoms with Gasteiger partial charge in [0.1, 0.15) is 0 Å². The summed E-state index contributed by atoms with van der Waals surface area (Å²) in [6.45, 7) is 1.60. The molecular weight excluding hydrogens is 335 g/mol. The third-order valence-corrected chi connectivity index (χ3v) is 2.63. The molecule has 24 heavy (non-hydrogen) atoms. The van der Waals surface area contributed by atoms with Gasteiger partial charge in [-0.05, 0) is 13.5 Å². The molecule has 136 valence electrons. The highest BCUT2D eigenvalue weighted by atomic mass is 19.4. The molecule has 0 aromatic heterocycles. The van der Waals surface area contributed by atoms with Crippen LogP contribution >= 0.6 is 0 Å². The first kappa shape index (κ1) is 21.6. The van der Waals surface area contributed by atoms with Crippen molar-refractivity contribution in [1.82, 2.24) is 15.5 Å². The Bertz CT molecular complexity index is 488. The van der Waals surface area contributed by atoms with Crippen molar-refractivity contribution in [1.29, 1.82) is 0 Å². The molecule has 1 aliphatic rings. The molecule has 0 spiro atoms. The van der Waals surface area contributed by atoms with E-state index in [1.54, 1.807) is 0 Å². The lowest BCUT2D eigenvalue weighted by Crippen LogP contribution is -2.33. The van der Waals surface area contributed by atoms with Gasteiger partial charge in [0, 0.05) is 38.2 Å². The Balaban J connectivity index is 0.000000640. The average molecular weight is 353 g/mol. The number of carbonyl (C=O) groups is 4. The van der Waals surface area contributed by atoms with Gasteiger partial charge < -0.3 is 15.7 Å². The van der Waals surface area contributed by atoms with Crippen LogP contribution in [0.15, 0.2) is 12.2 Å². The Labute approximate surface area is 135 Å². The molecule has 0 unspecified atom stereocenters. The van der Waals surface area contributed by atoms with Gasteiger partial charge in [-0.15, -0.1) is 0 Å². The minimum Gasteiger partial charge on any atom is -0.475 e. The van der Waals surface area contributed by atoms with Gasteiger partial charge in [0.25, 0.3) is 11.8 Å². The maximum atomic E-state index is 11.3. The van der Waals surface area contributed by atoms with E-state index < -0.39 is 12.1 Å². The number of likely N-dealkylation sites (N-methyl/N-ethyl adjacent to an activating group) is 1. The smallest absolute Gasteiger partial charge is 0.475 e. The summed E-state index contributed by atoms with van der Waals surface area (Å²) >= 11 is 0. The minimum atomic E-state index is -5.08. The highest BCUT2D eigenvalue weighted by molar-refractivity contribution is 6.12. The number of alkyl halides is 3. The average Bonchev–Trinajstić information content (AvgIpc) is 2.79. The monoisotopic (exact) mass is 353 g/mol. The molecule has 0 aromatic carbocycles. The number of carbonyl (C=O) groups excluding carboxylic acids is 3. The minimum absolute atomic E-state index is 0.0627. The quantitative estimate of drug-likeness (QED) is 0.426. The van der Waals surface area contributed by atoms with E-state index in [1.165, 1.54) is 12.2 Å². The first-order valence-corrected chi connectivity index (χ1v) is 6.84. The van der Waals surface area contributed by atoms with Gasteiger partial charge >= 0.3 is 12.1 Å². The summed E-state index contributed by atoms with van der Waals surface area (Å²) in [5.41, 5.74) is 0. The Hall–Kier alpha value is -2.43. The van der Waals surface area contributed by atoms with E-state index >= 15 is 0 Å². The molecule has 1 heterocycles. The lowest BCUT2D eigenvalue weighted by atomic mass is 10.2. The van der Waals surface area contributed by atoms with Gasteiger partial charge in [0.05, 0.1) is 0 Å². The number of hydrogen-bond acceptors (Lipinski definition) is 5. The van der Waals surface area contributed by atoms with Crippen molar-refractivity contribution < 1.29 is 37.5 Å². The molecule has 0 fully saturated rings. The molecule has 3 N–H and O–H groups in total. The fourth-order valence-electron chi connectivity index (χ4n) is 1.46. The number of nitrogens with zero attached hydrogens (tertiary/aromatic N) is 1. The molecule has 0 radical (unpaired) electrons. The molecule has 0 saturated heterocycles. The maximum Gasteiger partial charge on any atom is 0.490 e. The fraction of sp³-hybridized carbons (Fsp3) is 0.538. The standard InChI is InChI=1S/C11H17N3O3.C2HF3O2/c1-12-6-7-13-9(15)3-2-8-14-10(16)4-5-11(14)17;3-2(4,5)1(6)7/h4-5,12H,2-3,6-8H2,1H3,(H,13,15);(H,6,7). The molecular formula is C13H18F3N3O5. The van der Waals surface area contributed by atoms with Crippen LogP contribution in [0.4, 0.5) is 13.2 Å². The van der Waals surface area contributed by atoms with E-state index in [2.05, 4.69) is 10.6 Å². The molecule has 3 amide bonds. The number of amides is 3. The Morgan fingerprint density at radius 3 is 2.08 bits per heavy atom. The number of hydrogen-bond donors (Lipinski definition) is 3. The number of carboxylic acid groups (broad SMARTS) is 1. The lowest BCUT2D eigenvalue weighted by Gasteiger charge is -2.13. The molecule has 8 nitrogen and oxygen atoms in total. The van der Waals surface area contributed by atoms with Crippen molar-refractivity contribution in [2.75, 3.05) is 26.7 Å². The third kappa shape index (κ3) is 8.88. The van der Waals surface area contributed by atoms with Crippen LogP contribution in [-0.4, -0.2) is 66.6 Å². The summed E-state index contributed by atoms with van der Waals surface area (Å²) in [6.07, 6.45) is -1.78.